The van der Waals surface area contributed by atoms with Crippen LogP contribution in [0.4, 0.5) is 10.6 Å². The number of amides is 2. The van der Waals surface area contributed by atoms with Gasteiger partial charge in [-0.15, -0.1) is 0 Å². The van der Waals surface area contributed by atoms with E-state index < -0.39 is 18.1 Å². The zero-order valence-corrected chi connectivity index (χ0v) is 19.9. The summed E-state index contributed by atoms with van der Waals surface area (Å²) in [6.45, 7) is 4.62. The van der Waals surface area contributed by atoms with Crippen LogP contribution in [0.1, 0.15) is 28.4 Å². The number of hydrogen-bond donors (Lipinski definition) is 3. The van der Waals surface area contributed by atoms with Crippen molar-refractivity contribution in [3.63, 3.8) is 0 Å². The number of aromatic nitrogens is 1. The molecule has 0 bridgehead atoms. The lowest BCUT2D eigenvalue weighted by atomic mass is 10.1. The number of nitrogens with one attached hydrogen (secondary N) is 1. The maximum Gasteiger partial charge on any atom is 0.407 e. The first kappa shape index (κ1) is 24.7. The SMILES string of the molecule is CCOc1nc(N2CCOCC2)ccc1C(=O)NC[C@@H](O)CN(C(=O)O)C1Cc2ccccc2C1. The number of rotatable bonds is 9. The standard InChI is InChI=1S/C25H32N4O6/c1-2-35-24-21(7-8-22(27-24)28-9-11-34-12-10-28)23(31)26-15-20(30)16-29(25(32)33)19-13-17-5-3-4-6-18(17)14-19/h3-8,19-20,30H,2,9-16H2,1H3,(H,26,31)(H,32,33)/t20-/m1/s1. The van der Waals surface area contributed by atoms with E-state index in [9.17, 15) is 19.8 Å². The number of carboxylic acid groups (broad SMARTS) is 1. The maximum atomic E-state index is 12.9. The van der Waals surface area contributed by atoms with E-state index in [1.54, 1.807) is 12.1 Å². The Bertz CT molecular complexity index is 1020. The fourth-order valence-electron chi connectivity index (χ4n) is 4.56. The number of carbonyl (C=O) groups excluding carboxylic acids is 1. The number of carbonyl (C=O) groups is 2. The summed E-state index contributed by atoms with van der Waals surface area (Å²) in [4.78, 5) is 32.6. The Balaban J connectivity index is 1.36. The average molecular weight is 485 g/mol. The van der Waals surface area contributed by atoms with Gasteiger partial charge in [0.15, 0.2) is 0 Å². The Morgan fingerprint density at radius 3 is 2.51 bits per heavy atom. The number of aliphatic hydroxyl groups excluding tert-OH is 1. The number of pyridine rings is 1. The highest BCUT2D eigenvalue weighted by atomic mass is 16.5. The van der Waals surface area contributed by atoms with E-state index in [1.165, 1.54) is 4.90 Å². The van der Waals surface area contributed by atoms with Gasteiger partial charge in [0.25, 0.3) is 5.91 Å². The molecule has 1 aromatic heterocycles. The lowest BCUT2D eigenvalue weighted by molar-refractivity contribution is 0.0733. The fourth-order valence-corrected chi connectivity index (χ4v) is 4.56. The zero-order chi connectivity index (χ0) is 24.8. The van der Waals surface area contributed by atoms with Gasteiger partial charge in [-0.25, -0.2) is 4.79 Å². The molecule has 0 saturated carbocycles. The van der Waals surface area contributed by atoms with Crippen LogP contribution < -0.4 is 15.0 Å². The molecule has 1 fully saturated rings. The Hall–Kier alpha value is -3.37. The van der Waals surface area contributed by atoms with Crippen molar-refractivity contribution in [3.05, 3.63) is 53.1 Å². The molecule has 1 saturated heterocycles. The second-order valence-electron chi connectivity index (χ2n) is 8.68. The zero-order valence-electron chi connectivity index (χ0n) is 19.9. The third kappa shape index (κ3) is 6.01. The highest BCUT2D eigenvalue weighted by Gasteiger charge is 2.31. The summed E-state index contributed by atoms with van der Waals surface area (Å²) in [7, 11) is 0. The number of aliphatic hydroxyl groups is 1. The Morgan fingerprint density at radius 2 is 1.89 bits per heavy atom. The van der Waals surface area contributed by atoms with Gasteiger partial charge in [0.05, 0.1) is 32.5 Å². The summed E-state index contributed by atoms with van der Waals surface area (Å²) < 4.78 is 11.0. The van der Waals surface area contributed by atoms with E-state index in [1.807, 2.05) is 31.2 Å². The highest BCUT2D eigenvalue weighted by molar-refractivity contribution is 5.96. The molecular weight excluding hydrogens is 452 g/mol. The van der Waals surface area contributed by atoms with Crippen molar-refractivity contribution in [2.75, 3.05) is 50.9 Å². The van der Waals surface area contributed by atoms with Gasteiger partial charge in [-0.05, 0) is 43.0 Å². The van der Waals surface area contributed by atoms with E-state index >= 15 is 0 Å². The number of benzene rings is 1. The molecule has 10 nitrogen and oxygen atoms in total. The first-order valence-corrected chi connectivity index (χ1v) is 12.0. The third-order valence-electron chi connectivity index (χ3n) is 6.33. The Kier molecular flexibility index (Phi) is 8.04. The predicted molar refractivity (Wildman–Crippen MR) is 129 cm³/mol. The number of morpholine rings is 1. The van der Waals surface area contributed by atoms with Gasteiger partial charge in [-0.2, -0.15) is 4.98 Å². The van der Waals surface area contributed by atoms with Crippen LogP contribution in [0.2, 0.25) is 0 Å². The Morgan fingerprint density at radius 1 is 1.20 bits per heavy atom. The molecule has 1 aliphatic carbocycles. The topological polar surface area (TPSA) is 124 Å². The molecule has 35 heavy (non-hydrogen) atoms. The molecule has 0 radical (unpaired) electrons. The number of anilines is 1. The lowest BCUT2D eigenvalue weighted by Crippen LogP contribution is -2.47. The molecular formula is C25H32N4O6. The summed E-state index contributed by atoms with van der Waals surface area (Å²) in [5.74, 6) is 0.492. The number of ether oxygens (including phenoxy) is 2. The molecule has 2 aromatic rings. The molecule has 2 aliphatic rings. The van der Waals surface area contributed by atoms with Crippen LogP contribution in [0.3, 0.4) is 0 Å². The van der Waals surface area contributed by atoms with E-state index in [-0.39, 0.29) is 30.6 Å². The van der Waals surface area contributed by atoms with E-state index in [2.05, 4.69) is 15.2 Å². The highest BCUT2D eigenvalue weighted by Crippen LogP contribution is 2.26. The predicted octanol–water partition coefficient (Wildman–Crippen LogP) is 1.56. The van der Waals surface area contributed by atoms with Gasteiger partial charge in [0, 0.05) is 25.7 Å². The summed E-state index contributed by atoms with van der Waals surface area (Å²) in [6.07, 6.45) is -0.925. The summed E-state index contributed by atoms with van der Waals surface area (Å²) in [5, 5.41) is 23.0. The second kappa shape index (κ2) is 11.4. The summed E-state index contributed by atoms with van der Waals surface area (Å²) >= 11 is 0. The molecule has 0 spiro atoms. The van der Waals surface area contributed by atoms with Crippen molar-refractivity contribution in [2.24, 2.45) is 0 Å². The Labute approximate surface area is 204 Å². The van der Waals surface area contributed by atoms with Gasteiger partial charge in [-0.1, -0.05) is 24.3 Å². The quantitative estimate of drug-likeness (QED) is 0.490. The second-order valence-corrected chi connectivity index (χ2v) is 8.68. The van der Waals surface area contributed by atoms with Crippen LogP contribution >= 0.6 is 0 Å². The average Bonchev–Trinajstić information content (AvgIpc) is 3.30. The van der Waals surface area contributed by atoms with Crippen LogP contribution in [-0.2, 0) is 17.6 Å². The molecule has 1 aliphatic heterocycles. The van der Waals surface area contributed by atoms with Crippen molar-refractivity contribution in [1.29, 1.82) is 0 Å². The van der Waals surface area contributed by atoms with Crippen molar-refractivity contribution in [2.45, 2.75) is 31.9 Å². The fraction of sp³-hybridized carbons (Fsp3) is 0.480. The van der Waals surface area contributed by atoms with Crippen molar-refractivity contribution in [3.8, 4) is 5.88 Å². The number of fused-ring (bicyclic) bond motifs is 1. The normalized spacial score (nSPS) is 16.5. The van der Waals surface area contributed by atoms with E-state index in [4.69, 9.17) is 9.47 Å². The summed E-state index contributed by atoms with van der Waals surface area (Å²) in [6, 6.07) is 11.1. The van der Waals surface area contributed by atoms with Gasteiger partial charge in [-0.3, -0.25) is 4.79 Å². The largest absolute Gasteiger partial charge is 0.477 e. The molecule has 10 heteroatoms. The molecule has 4 rings (SSSR count). The van der Waals surface area contributed by atoms with Crippen LogP contribution in [0, 0.1) is 0 Å². The van der Waals surface area contributed by atoms with Crippen LogP contribution in [0.25, 0.3) is 0 Å². The summed E-state index contributed by atoms with van der Waals surface area (Å²) in [5.41, 5.74) is 2.52. The first-order chi connectivity index (χ1) is 17.0. The van der Waals surface area contributed by atoms with Gasteiger partial charge >= 0.3 is 6.09 Å². The lowest BCUT2D eigenvalue weighted by Gasteiger charge is -2.28. The molecule has 1 atom stereocenters. The maximum absolute atomic E-state index is 12.9. The molecule has 188 valence electrons. The number of hydrogen-bond acceptors (Lipinski definition) is 7. The van der Waals surface area contributed by atoms with E-state index in [0.717, 1.165) is 11.1 Å². The van der Waals surface area contributed by atoms with Crippen molar-refractivity contribution < 1.29 is 29.3 Å². The third-order valence-corrected chi connectivity index (χ3v) is 6.33. The van der Waals surface area contributed by atoms with Crippen LogP contribution in [-0.4, -0.2) is 90.2 Å². The minimum absolute atomic E-state index is 0.0964. The molecule has 1 aromatic carbocycles. The minimum Gasteiger partial charge on any atom is -0.477 e. The first-order valence-electron chi connectivity index (χ1n) is 12.0. The van der Waals surface area contributed by atoms with Crippen molar-refractivity contribution in [1.82, 2.24) is 15.2 Å². The van der Waals surface area contributed by atoms with Crippen molar-refractivity contribution >= 4 is 17.8 Å². The van der Waals surface area contributed by atoms with E-state index in [0.29, 0.717) is 51.6 Å². The van der Waals surface area contributed by atoms with Crippen LogP contribution in [0.5, 0.6) is 5.88 Å². The monoisotopic (exact) mass is 484 g/mol. The van der Waals surface area contributed by atoms with Crippen LogP contribution in [0.15, 0.2) is 36.4 Å². The minimum atomic E-state index is -1.09. The smallest absolute Gasteiger partial charge is 0.407 e. The molecule has 2 heterocycles. The number of nitrogens with zero attached hydrogens (tertiary/aromatic N) is 3. The molecule has 2 amide bonds. The molecule has 0 unspecified atom stereocenters. The van der Waals surface area contributed by atoms with Gasteiger partial charge in [0.2, 0.25) is 5.88 Å². The molecule has 3 N–H and O–H groups in total. The van der Waals surface area contributed by atoms with Gasteiger partial charge in [0.1, 0.15) is 11.4 Å². The van der Waals surface area contributed by atoms with Gasteiger partial charge < -0.3 is 34.8 Å².